The standard InChI is InChI=1S/C14H11FN2O4/c15-11-3-1-2-4-13(11)21-8-10-6-5-9(14(16)18)7-12(10)17(19)20/h1-7H,8H2,(H2,16,18). The van der Waals surface area contributed by atoms with Crippen molar-refractivity contribution in [3.8, 4) is 5.75 Å². The van der Waals surface area contributed by atoms with Crippen molar-refractivity contribution in [1.29, 1.82) is 0 Å². The summed E-state index contributed by atoms with van der Waals surface area (Å²) in [6, 6.07) is 9.52. The lowest BCUT2D eigenvalue weighted by Crippen LogP contribution is -2.12. The summed E-state index contributed by atoms with van der Waals surface area (Å²) in [5, 5.41) is 11.0. The van der Waals surface area contributed by atoms with Gasteiger partial charge in [0.15, 0.2) is 11.6 Å². The fourth-order valence-corrected chi connectivity index (χ4v) is 1.73. The second kappa shape index (κ2) is 6.00. The number of para-hydroxylation sites is 1. The van der Waals surface area contributed by atoms with E-state index in [1.54, 1.807) is 6.07 Å². The maximum atomic E-state index is 13.4. The zero-order chi connectivity index (χ0) is 15.4. The van der Waals surface area contributed by atoms with E-state index in [1.165, 1.54) is 30.3 Å². The lowest BCUT2D eigenvalue weighted by molar-refractivity contribution is -0.385. The lowest BCUT2D eigenvalue weighted by Gasteiger charge is -2.08. The highest BCUT2D eigenvalue weighted by molar-refractivity contribution is 5.93. The van der Waals surface area contributed by atoms with Crippen LogP contribution in [0.1, 0.15) is 15.9 Å². The van der Waals surface area contributed by atoms with Crippen LogP contribution < -0.4 is 10.5 Å². The first kappa shape index (κ1) is 14.4. The van der Waals surface area contributed by atoms with Crippen molar-refractivity contribution in [3.63, 3.8) is 0 Å². The average Bonchev–Trinajstić information content (AvgIpc) is 2.46. The molecule has 0 bridgehead atoms. The number of nitrogens with two attached hydrogens (primary N) is 1. The molecule has 0 fully saturated rings. The monoisotopic (exact) mass is 290 g/mol. The van der Waals surface area contributed by atoms with Crippen molar-refractivity contribution in [2.45, 2.75) is 6.61 Å². The number of primary amides is 1. The number of halogens is 1. The molecule has 1 amide bonds. The fourth-order valence-electron chi connectivity index (χ4n) is 1.73. The molecule has 2 aromatic carbocycles. The van der Waals surface area contributed by atoms with E-state index in [0.29, 0.717) is 0 Å². The molecule has 0 aliphatic carbocycles. The summed E-state index contributed by atoms with van der Waals surface area (Å²) >= 11 is 0. The number of benzene rings is 2. The van der Waals surface area contributed by atoms with E-state index < -0.39 is 16.6 Å². The van der Waals surface area contributed by atoms with Crippen molar-refractivity contribution in [2.75, 3.05) is 0 Å². The molecule has 0 aromatic heterocycles. The maximum absolute atomic E-state index is 13.4. The molecular weight excluding hydrogens is 279 g/mol. The smallest absolute Gasteiger partial charge is 0.276 e. The Kier molecular flexibility index (Phi) is 4.13. The topological polar surface area (TPSA) is 95.5 Å². The van der Waals surface area contributed by atoms with Crippen molar-refractivity contribution in [1.82, 2.24) is 0 Å². The molecule has 2 rings (SSSR count). The van der Waals surface area contributed by atoms with Crippen molar-refractivity contribution in [2.24, 2.45) is 5.73 Å². The molecule has 108 valence electrons. The first-order valence-corrected chi connectivity index (χ1v) is 5.93. The Hall–Kier alpha value is -2.96. The van der Waals surface area contributed by atoms with E-state index in [2.05, 4.69) is 0 Å². The summed E-state index contributed by atoms with van der Waals surface area (Å²) in [6.45, 7) is -0.198. The highest BCUT2D eigenvalue weighted by Crippen LogP contribution is 2.23. The number of ether oxygens (including phenoxy) is 1. The van der Waals surface area contributed by atoms with Gasteiger partial charge in [-0.2, -0.15) is 0 Å². The summed E-state index contributed by atoms with van der Waals surface area (Å²) in [4.78, 5) is 21.4. The highest BCUT2D eigenvalue weighted by atomic mass is 19.1. The van der Waals surface area contributed by atoms with E-state index in [-0.39, 0.29) is 29.2 Å². The zero-order valence-electron chi connectivity index (χ0n) is 10.8. The first-order valence-electron chi connectivity index (χ1n) is 5.93. The number of carbonyl (C=O) groups excluding carboxylic acids is 1. The molecule has 6 nitrogen and oxygen atoms in total. The van der Waals surface area contributed by atoms with Crippen molar-refractivity contribution >= 4 is 11.6 Å². The van der Waals surface area contributed by atoms with Crippen LogP contribution in [0.15, 0.2) is 42.5 Å². The molecule has 7 heteroatoms. The van der Waals surface area contributed by atoms with Gasteiger partial charge >= 0.3 is 0 Å². The minimum Gasteiger partial charge on any atom is -0.486 e. The van der Waals surface area contributed by atoms with Crippen LogP contribution in [0.25, 0.3) is 0 Å². The molecular formula is C14H11FN2O4. The van der Waals surface area contributed by atoms with Crippen LogP contribution in [0, 0.1) is 15.9 Å². The highest BCUT2D eigenvalue weighted by Gasteiger charge is 2.17. The second-order valence-corrected chi connectivity index (χ2v) is 4.18. The third kappa shape index (κ3) is 3.33. The van der Waals surface area contributed by atoms with Crippen LogP contribution in [0.3, 0.4) is 0 Å². The number of hydrogen-bond acceptors (Lipinski definition) is 4. The van der Waals surface area contributed by atoms with Crippen molar-refractivity contribution in [3.05, 3.63) is 69.5 Å². The molecule has 0 saturated heterocycles. The Morgan fingerprint density at radius 2 is 2.00 bits per heavy atom. The maximum Gasteiger partial charge on any atom is 0.276 e. The van der Waals surface area contributed by atoms with Gasteiger partial charge in [0.05, 0.1) is 10.5 Å². The molecule has 2 N–H and O–H groups in total. The fraction of sp³-hybridized carbons (Fsp3) is 0.0714. The minimum absolute atomic E-state index is 0.00854. The number of carbonyl (C=O) groups is 1. The Labute approximate surface area is 119 Å². The van der Waals surface area contributed by atoms with E-state index in [0.717, 1.165) is 6.07 Å². The number of hydrogen-bond donors (Lipinski definition) is 1. The molecule has 0 saturated carbocycles. The molecule has 0 radical (unpaired) electrons. The number of rotatable bonds is 5. The average molecular weight is 290 g/mol. The van der Waals surface area contributed by atoms with E-state index >= 15 is 0 Å². The van der Waals surface area contributed by atoms with Gasteiger partial charge in [-0.1, -0.05) is 12.1 Å². The predicted octanol–water partition coefficient (Wildman–Crippen LogP) is 2.41. The second-order valence-electron chi connectivity index (χ2n) is 4.18. The van der Waals surface area contributed by atoms with Crippen molar-refractivity contribution < 1.29 is 18.8 Å². The van der Waals surface area contributed by atoms with Gasteiger partial charge in [-0.15, -0.1) is 0 Å². The minimum atomic E-state index is -0.764. The summed E-state index contributed by atoms with van der Waals surface area (Å²) in [7, 11) is 0. The largest absolute Gasteiger partial charge is 0.486 e. The SMILES string of the molecule is NC(=O)c1ccc(COc2ccccc2F)c([N+](=O)[O-])c1. The Morgan fingerprint density at radius 3 is 2.62 bits per heavy atom. The molecule has 0 heterocycles. The van der Waals surface area contributed by atoms with Gasteiger partial charge in [-0.3, -0.25) is 14.9 Å². The Morgan fingerprint density at radius 1 is 1.29 bits per heavy atom. The van der Waals surface area contributed by atoms with Gasteiger partial charge in [0.25, 0.3) is 5.69 Å². The molecule has 2 aromatic rings. The number of nitro benzene ring substituents is 1. The molecule has 0 aliphatic rings. The lowest BCUT2D eigenvalue weighted by atomic mass is 10.1. The van der Waals surface area contributed by atoms with Gasteiger partial charge < -0.3 is 10.5 Å². The van der Waals surface area contributed by atoms with E-state index in [4.69, 9.17) is 10.5 Å². The van der Waals surface area contributed by atoms with Crippen LogP contribution in [-0.4, -0.2) is 10.8 Å². The Bertz CT molecular complexity index is 703. The zero-order valence-corrected chi connectivity index (χ0v) is 10.8. The van der Waals surface area contributed by atoms with Gasteiger partial charge in [0.2, 0.25) is 5.91 Å². The van der Waals surface area contributed by atoms with E-state index in [1.807, 2.05) is 0 Å². The van der Waals surface area contributed by atoms with Crippen LogP contribution >= 0.6 is 0 Å². The van der Waals surface area contributed by atoms with Crippen LogP contribution in [0.2, 0.25) is 0 Å². The summed E-state index contributed by atoms with van der Waals surface area (Å²) < 4.78 is 18.6. The summed E-state index contributed by atoms with van der Waals surface area (Å²) in [5.41, 5.74) is 5.01. The number of nitro groups is 1. The third-order valence-corrected chi connectivity index (χ3v) is 2.79. The third-order valence-electron chi connectivity index (χ3n) is 2.79. The number of amides is 1. The molecule has 21 heavy (non-hydrogen) atoms. The molecule has 0 atom stereocenters. The summed E-state index contributed by atoms with van der Waals surface area (Å²) in [5.74, 6) is -1.33. The predicted molar refractivity (Wildman–Crippen MR) is 72.3 cm³/mol. The van der Waals surface area contributed by atoms with Gasteiger partial charge in [0.1, 0.15) is 6.61 Å². The van der Waals surface area contributed by atoms with Gasteiger partial charge in [-0.05, 0) is 24.3 Å². The van der Waals surface area contributed by atoms with E-state index in [9.17, 15) is 19.3 Å². The van der Waals surface area contributed by atoms with Crippen LogP contribution in [0.4, 0.5) is 10.1 Å². The Balaban J connectivity index is 2.26. The normalized spacial score (nSPS) is 10.1. The van der Waals surface area contributed by atoms with Gasteiger partial charge in [-0.25, -0.2) is 4.39 Å². The first-order chi connectivity index (χ1) is 9.99. The van der Waals surface area contributed by atoms with Gasteiger partial charge in [0, 0.05) is 11.6 Å². The number of nitrogens with zero attached hydrogens (tertiary/aromatic N) is 1. The molecule has 0 spiro atoms. The quantitative estimate of drug-likeness (QED) is 0.675. The summed E-state index contributed by atoms with van der Waals surface area (Å²) in [6.07, 6.45) is 0. The van der Waals surface area contributed by atoms with Crippen LogP contribution in [-0.2, 0) is 6.61 Å². The molecule has 0 unspecified atom stereocenters. The molecule has 0 aliphatic heterocycles. The van der Waals surface area contributed by atoms with Crippen LogP contribution in [0.5, 0.6) is 5.75 Å².